The third-order valence-electron chi connectivity index (χ3n) is 3.15. The lowest BCUT2D eigenvalue weighted by Crippen LogP contribution is -2.50. The molecule has 1 heterocycles. The highest BCUT2D eigenvalue weighted by molar-refractivity contribution is 7.90. The summed E-state index contributed by atoms with van der Waals surface area (Å²) in [5.41, 5.74) is 0.541. The Bertz CT molecular complexity index is 685. The summed E-state index contributed by atoms with van der Waals surface area (Å²) in [6.07, 6.45) is 1.01. The Morgan fingerprint density at radius 2 is 2.04 bits per heavy atom. The number of amides is 1. The van der Waals surface area contributed by atoms with Gasteiger partial charge in [0.25, 0.3) is 10.0 Å². The Labute approximate surface area is 136 Å². The van der Waals surface area contributed by atoms with Crippen molar-refractivity contribution < 1.29 is 13.2 Å². The third-order valence-corrected chi connectivity index (χ3v) is 4.51. The van der Waals surface area contributed by atoms with E-state index in [4.69, 9.17) is 0 Å². The fourth-order valence-electron chi connectivity index (χ4n) is 2.10. The van der Waals surface area contributed by atoms with E-state index in [0.717, 1.165) is 13.0 Å². The van der Waals surface area contributed by atoms with Crippen LogP contribution in [0, 0.1) is 0 Å². The van der Waals surface area contributed by atoms with Crippen LogP contribution in [0.4, 0.5) is 5.69 Å². The number of carbonyl (C=O) groups is 1. The second-order valence-corrected chi connectivity index (χ2v) is 6.87. The van der Waals surface area contributed by atoms with Crippen molar-refractivity contribution in [3.05, 3.63) is 24.3 Å². The van der Waals surface area contributed by atoms with Crippen molar-refractivity contribution in [2.45, 2.75) is 25.2 Å². The first-order chi connectivity index (χ1) is 10.9. The van der Waals surface area contributed by atoms with Crippen molar-refractivity contribution in [3.63, 3.8) is 0 Å². The predicted molar refractivity (Wildman–Crippen MR) is 88.4 cm³/mol. The van der Waals surface area contributed by atoms with Gasteiger partial charge in [-0.2, -0.15) is 0 Å². The highest BCUT2D eigenvalue weighted by Gasteiger charge is 2.19. The minimum Gasteiger partial charge on any atom is -0.343 e. The third kappa shape index (κ3) is 4.93. The van der Waals surface area contributed by atoms with E-state index in [1.54, 1.807) is 0 Å². The van der Waals surface area contributed by atoms with Crippen molar-refractivity contribution >= 4 is 27.6 Å². The van der Waals surface area contributed by atoms with Crippen molar-refractivity contribution in [2.24, 2.45) is 4.99 Å². The molecule has 23 heavy (non-hydrogen) atoms. The Balaban J connectivity index is 2.03. The van der Waals surface area contributed by atoms with E-state index in [9.17, 15) is 13.2 Å². The molecule has 0 unspecified atom stereocenters. The summed E-state index contributed by atoms with van der Waals surface area (Å²) in [7, 11) is -3.71. The van der Waals surface area contributed by atoms with Crippen LogP contribution in [0.2, 0.25) is 0 Å². The molecule has 1 amide bonds. The van der Waals surface area contributed by atoms with Gasteiger partial charge < -0.3 is 10.6 Å². The van der Waals surface area contributed by atoms with E-state index in [2.05, 4.69) is 32.2 Å². The monoisotopic (exact) mass is 339 g/mol. The molecule has 0 spiro atoms. The number of sulfonamides is 1. The average molecular weight is 339 g/mol. The first kappa shape index (κ1) is 17.2. The lowest BCUT2D eigenvalue weighted by molar-refractivity contribution is -0.114. The smallest absolute Gasteiger partial charge is 0.264 e. The zero-order chi connectivity index (χ0) is 16.9. The van der Waals surface area contributed by atoms with Gasteiger partial charge in [-0.15, -0.1) is 0 Å². The zero-order valence-corrected chi connectivity index (χ0v) is 14.0. The van der Waals surface area contributed by atoms with E-state index < -0.39 is 10.0 Å². The molecule has 1 aromatic carbocycles. The van der Waals surface area contributed by atoms with E-state index in [0.29, 0.717) is 19.0 Å². The highest BCUT2D eigenvalue weighted by atomic mass is 32.2. The molecule has 0 radical (unpaired) electrons. The maximum atomic E-state index is 12.3. The molecule has 8 nitrogen and oxygen atoms in total. The number of carbonyl (C=O) groups excluding carboxylic acids is 1. The topological polar surface area (TPSA) is 103 Å². The number of guanidine groups is 1. The van der Waals surface area contributed by atoms with Gasteiger partial charge in [-0.1, -0.05) is 6.92 Å². The summed E-state index contributed by atoms with van der Waals surface area (Å²) in [5.74, 6) is 0.0272. The maximum Gasteiger partial charge on any atom is 0.264 e. The summed E-state index contributed by atoms with van der Waals surface area (Å²) >= 11 is 0. The number of benzene rings is 1. The van der Waals surface area contributed by atoms with Gasteiger partial charge in [-0.3, -0.25) is 9.69 Å². The van der Waals surface area contributed by atoms with Gasteiger partial charge in [-0.25, -0.2) is 18.1 Å². The molecule has 1 aliphatic rings. The predicted octanol–water partition coefficient (Wildman–Crippen LogP) is 0.510. The fourth-order valence-corrected chi connectivity index (χ4v) is 3.11. The summed E-state index contributed by atoms with van der Waals surface area (Å²) in [5, 5.41) is 5.53. The van der Waals surface area contributed by atoms with Gasteiger partial charge in [0.2, 0.25) is 11.9 Å². The van der Waals surface area contributed by atoms with E-state index in [-0.39, 0.29) is 16.8 Å². The Hall–Kier alpha value is -2.13. The van der Waals surface area contributed by atoms with Crippen LogP contribution >= 0.6 is 0 Å². The van der Waals surface area contributed by atoms with Crippen LogP contribution in [0.15, 0.2) is 34.2 Å². The first-order valence-electron chi connectivity index (χ1n) is 7.32. The van der Waals surface area contributed by atoms with E-state index in [1.807, 2.05) is 0 Å². The van der Waals surface area contributed by atoms with Gasteiger partial charge in [0.1, 0.15) is 0 Å². The van der Waals surface area contributed by atoms with Crippen LogP contribution < -0.4 is 15.4 Å². The van der Waals surface area contributed by atoms with E-state index >= 15 is 0 Å². The first-order valence-corrected chi connectivity index (χ1v) is 8.80. The largest absolute Gasteiger partial charge is 0.343 e. The quantitative estimate of drug-likeness (QED) is 0.725. The van der Waals surface area contributed by atoms with Crippen molar-refractivity contribution in [1.82, 2.24) is 14.9 Å². The molecule has 1 aromatic rings. The minimum absolute atomic E-state index is 0.104. The second-order valence-electron chi connectivity index (χ2n) is 5.19. The lowest BCUT2D eigenvalue weighted by Gasteiger charge is -2.26. The van der Waals surface area contributed by atoms with Crippen LogP contribution in [-0.2, 0) is 14.8 Å². The van der Waals surface area contributed by atoms with Crippen molar-refractivity contribution in [1.29, 1.82) is 0 Å². The number of nitrogens with one attached hydrogen (secondary N) is 3. The lowest BCUT2D eigenvalue weighted by atomic mass is 10.3. The number of aliphatic imine (C=N–C) groups is 1. The number of nitrogens with zero attached hydrogens (tertiary/aromatic N) is 2. The van der Waals surface area contributed by atoms with Crippen LogP contribution in [-0.4, -0.2) is 45.1 Å². The number of rotatable bonds is 5. The second kappa shape index (κ2) is 7.42. The number of anilines is 1. The fraction of sp³-hybridized carbons (Fsp3) is 0.429. The van der Waals surface area contributed by atoms with Gasteiger partial charge in [0.15, 0.2) is 0 Å². The molecule has 0 saturated heterocycles. The normalized spacial score (nSPS) is 15.5. The van der Waals surface area contributed by atoms with Gasteiger partial charge >= 0.3 is 0 Å². The van der Waals surface area contributed by atoms with Crippen molar-refractivity contribution in [3.8, 4) is 0 Å². The summed E-state index contributed by atoms with van der Waals surface area (Å²) in [4.78, 5) is 17.3. The number of hydrogen-bond acceptors (Lipinski definition) is 6. The van der Waals surface area contributed by atoms with Gasteiger partial charge in [-0.05, 0) is 30.7 Å². The number of hydrogen-bond donors (Lipinski definition) is 3. The molecule has 0 bridgehead atoms. The van der Waals surface area contributed by atoms with Crippen LogP contribution in [0.3, 0.4) is 0 Å². The van der Waals surface area contributed by atoms with Crippen molar-refractivity contribution in [2.75, 3.05) is 25.2 Å². The minimum atomic E-state index is -3.71. The van der Waals surface area contributed by atoms with E-state index in [1.165, 1.54) is 31.2 Å². The maximum absolute atomic E-state index is 12.3. The molecule has 9 heteroatoms. The molecular weight excluding hydrogens is 318 g/mol. The summed E-state index contributed by atoms with van der Waals surface area (Å²) < 4.78 is 27.0. The zero-order valence-electron chi connectivity index (χ0n) is 13.2. The SMILES string of the molecule is CCCN1CN=C(NS(=O)(=O)c2ccc(NC(C)=O)cc2)NC1. The molecule has 0 fully saturated rings. The Kier molecular flexibility index (Phi) is 5.56. The highest BCUT2D eigenvalue weighted by Crippen LogP contribution is 2.14. The van der Waals surface area contributed by atoms with Crippen LogP contribution in [0.1, 0.15) is 20.3 Å². The molecule has 126 valence electrons. The molecule has 0 atom stereocenters. The molecule has 3 N–H and O–H groups in total. The Morgan fingerprint density at radius 1 is 1.35 bits per heavy atom. The van der Waals surface area contributed by atoms with Gasteiger partial charge in [0, 0.05) is 19.2 Å². The van der Waals surface area contributed by atoms with Crippen LogP contribution in [0.25, 0.3) is 0 Å². The summed E-state index contributed by atoms with van der Waals surface area (Å²) in [6.45, 7) is 5.38. The summed E-state index contributed by atoms with van der Waals surface area (Å²) in [6, 6.07) is 5.94. The molecule has 0 saturated carbocycles. The molecule has 0 aromatic heterocycles. The molecular formula is C14H21N5O3S. The van der Waals surface area contributed by atoms with Gasteiger partial charge in [0.05, 0.1) is 18.2 Å². The van der Waals surface area contributed by atoms with Crippen LogP contribution in [0.5, 0.6) is 0 Å². The average Bonchev–Trinajstić information content (AvgIpc) is 2.49. The standard InChI is InChI=1S/C14H21N5O3S/c1-3-8-19-9-15-14(16-10-19)18-23(21,22)13-6-4-12(5-7-13)17-11(2)20/h4-7H,3,8-10H2,1-2H3,(H,17,20)(H2,15,16,18). The molecule has 2 rings (SSSR count). The molecule has 1 aliphatic heterocycles. The Morgan fingerprint density at radius 3 is 2.57 bits per heavy atom. The molecule has 0 aliphatic carbocycles.